The molecule has 0 unspecified atom stereocenters. The van der Waals surface area contributed by atoms with Crippen molar-refractivity contribution >= 4 is 23.5 Å². The lowest BCUT2D eigenvalue weighted by molar-refractivity contribution is -0.540. The second-order valence-electron chi connectivity index (χ2n) is 5.86. The molecule has 0 radical (unpaired) electrons. The van der Waals surface area contributed by atoms with Gasteiger partial charge in [-0.1, -0.05) is 19.8 Å². The lowest BCUT2D eigenvalue weighted by Crippen LogP contribution is -2.22. The van der Waals surface area contributed by atoms with E-state index >= 15 is 0 Å². The molecule has 0 fully saturated rings. The number of aromatic amines is 1. The summed E-state index contributed by atoms with van der Waals surface area (Å²) in [6.45, 7) is 5.10. The van der Waals surface area contributed by atoms with Crippen molar-refractivity contribution in [2.75, 3.05) is 13.6 Å². The summed E-state index contributed by atoms with van der Waals surface area (Å²) < 4.78 is 0. The first kappa shape index (κ1) is 16.9. The van der Waals surface area contributed by atoms with Crippen LogP contribution in [0.5, 0.6) is 5.75 Å². The van der Waals surface area contributed by atoms with E-state index in [9.17, 15) is 5.11 Å². The molecule has 6 nitrogen and oxygen atoms in total. The third-order valence-corrected chi connectivity index (χ3v) is 3.77. The lowest BCUT2D eigenvalue weighted by Gasteiger charge is -2.09. The van der Waals surface area contributed by atoms with Gasteiger partial charge in [0.1, 0.15) is 5.75 Å². The number of aromatic nitrogens is 1. The van der Waals surface area contributed by atoms with E-state index in [2.05, 4.69) is 17.0 Å². The Labute approximate surface area is 136 Å². The largest absolute Gasteiger partial charge is 0.508 e. The number of aryl methyl sites for hydroxylation is 1. The molecular weight excluding hydrogens is 290 g/mol. The first-order chi connectivity index (χ1) is 11.0. The van der Waals surface area contributed by atoms with Crippen LogP contribution in [0.2, 0.25) is 0 Å². The Balaban J connectivity index is 2.12. The molecule has 0 saturated carbocycles. The molecule has 1 aromatic carbocycles. The maximum absolute atomic E-state index is 9.76. The fourth-order valence-corrected chi connectivity index (χ4v) is 2.51. The Hall–Kier alpha value is -2.50. The first-order valence-corrected chi connectivity index (χ1v) is 7.95. The molecule has 2 rings (SSSR count). The molecule has 1 aromatic heterocycles. The summed E-state index contributed by atoms with van der Waals surface area (Å²) in [5.41, 5.74) is 2.86. The van der Waals surface area contributed by atoms with Crippen LogP contribution >= 0.6 is 0 Å². The van der Waals surface area contributed by atoms with Gasteiger partial charge in [0.05, 0.1) is 5.56 Å². The molecule has 2 aromatic rings. The molecule has 0 aliphatic rings. The van der Waals surface area contributed by atoms with E-state index < -0.39 is 0 Å². The average Bonchev–Trinajstić information content (AvgIpc) is 2.89. The van der Waals surface area contributed by atoms with Crippen LogP contribution in [0.1, 0.15) is 37.3 Å². The van der Waals surface area contributed by atoms with Crippen molar-refractivity contribution in [1.29, 1.82) is 0 Å². The van der Waals surface area contributed by atoms with Crippen molar-refractivity contribution < 1.29 is 9.90 Å². The van der Waals surface area contributed by atoms with E-state index in [1.165, 1.54) is 17.6 Å². The molecule has 124 valence electrons. The molecule has 0 aliphatic heterocycles. The topological polar surface area (TPSA) is 80.6 Å². The number of aromatic hydroxyl groups is 1. The molecule has 0 amide bonds. The molecule has 0 spiro atoms. The Morgan fingerprint density at radius 2 is 2.17 bits per heavy atom. The number of phenolic OH excluding ortho intramolecular Hbond substituents is 1. The van der Waals surface area contributed by atoms with Gasteiger partial charge < -0.3 is 15.0 Å². The highest BCUT2D eigenvalue weighted by Crippen LogP contribution is 2.25. The number of unbranched alkanes of at least 4 members (excludes halogenated alkanes) is 2. The van der Waals surface area contributed by atoms with E-state index in [-0.39, 0.29) is 5.75 Å². The number of nitrogens with one attached hydrogen (secondary N) is 1. The zero-order chi connectivity index (χ0) is 16.8. The molecule has 23 heavy (non-hydrogen) atoms. The molecule has 6 heteroatoms. The zero-order valence-corrected chi connectivity index (χ0v) is 14.1. The standard InChI is InChI=1S/C17H25N5O/c1-4-5-6-7-21(3)12-20-22(18)11-14-10-19-17-13(2)8-15(23)9-16(14)17/h8-12,23H,4-7,18H2,1-3H3/p+1. The van der Waals surface area contributed by atoms with Gasteiger partial charge in [0.15, 0.2) is 6.34 Å². The minimum absolute atomic E-state index is 0.243. The van der Waals surface area contributed by atoms with Gasteiger partial charge in [0.2, 0.25) is 6.21 Å². The van der Waals surface area contributed by atoms with E-state index in [4.69, 9.17) is 5.84 Å². The third-order valence-electron chi connectivity index (χ3n) is 3.77. The van der Waals surface area contributed by atoms with Crippen molar-refractivity contribution in [3.63, 3.8) is 0 Å². The van der Waals surface area contributed by atoms with Crippen LogP contribution in [0.15, 0.2) is 23.4 Å². The smallest absolute Gasteiger partial charge is 0.239 e. The lowest BCUT2D eigenvalue weighted by atomic mass is 10.1. The number of hydrogen-bond donors (Lipinski definition) is 3. The Kier molecular flexibility index (Phi) is 5.62. The van der Waals surface area contributed by atoms with Crippen molar-refractivity contribution in [3.05, 3.63) is 29.5 Å². The van der Waals surface area contributed by atoms with Crippen molar-refractivity contribution in [3.8, 4) is 5.75 Å². The van der Waals surface area contributed by atoms with Crippen LogP contribution in [0.3, 0.4) is 0 Å². The molecular formula is C17H26N5O+. The van der Waals surface area contributed by atoms with Gasteiger partial charge >= 0.3 is 0 Å². The predicted octanol–water partition coefficient (Wildman–Crippen LogP) is 2.55. The number of nitrogens with two attached hydrogens (primary N) is 1. The number of hydrazone groups is 2. The normalized spacial score (nSPS) is 12.4. The summed E-state index contributed by atoms with van der Waals surface area (Å²) in [5, 5.41) is 14.9. The first-order valence-electron chi connectivity index (χ1n) is 7.95. The van der Waals surface area contributed by atoms with Gasteiger partial charge in [0.25, 0.3) is 0 Å². The number of rotatable bonds is 7. The van der Waals surface area contributed by atoms with Crippen LogP contribution in [0, 0.1) is 6.92 Å². The van der Waals surface area contributed by atoms with Crippen LogP contribution in [-0.2, 0) is 0 Å². The summed E-state index contributed by atoms with van der Waals surface area (Å²) in [4.78, 5) is 6.51. The number of nitrogens with zero attached hydrogens (tertiary/aromatic N) is 3. The summed E-state index contributed by atoms with van der Waals surface area (Å²) in [5.74, 6) is 6.15. The van der Waals surface area contributed by atoms with Crippen LogP contribution in [0.4, 0.5) is 0 Å². The van der Waals surface area contributed by atoms with Gasteiger partial charge in [-0.15, -0.1) is 0 Å². The Morgan fingerprint density at radius 3 is 2.91 bits per heavy atom. The van der Waals surface area contributed by atoms with Gasteiger partial charge in [-0.25, -0.2) is 0 Å². The Bertz CT molecular complexity index is 717. The van der Waals surface area contributed by atoms with Crippen LogP contribution in [0.25, 0.3) is 10.9 Å². The summed E-state index contributed by atoms with van der Waals surface area (Å²) in [7, 11) is 1.99. The molecule has 0 aliphatic carbocycles. The van der Waals surface area contributed by atoms with Crippen molar-refractivity contribution in [2.45, 2.75) is 33.1 Å². The minimum atomic E-state index is 0.243. The third kappa shape index (κ3) is 4.48. The highest BCUT2D eigenvalue weighted by molar-refractivity contribution is 5.99. The second-order valence-corrected chi connectivity index (χ2v) is 5.86. The highest BCUT2D eigenvalue weighted by Gasteiger charge is 2.09. The predicted molar refractivity (Wildman–Crippen MR) is 95.0 cm³/mol. The molecule has 0 saturated heterocycles. The van der Waals surface area contributed by atoms with E-state index in [0.29, 0.717) is 0 Å². The van der Waals surface area contributed by atoms with Crippen LogP contribution < -0.4 is 5.84 Å². The fraction of sp³-hybridized carbons (Fsp3) is 0.412. The van der Waals surface area contributed by atoms with Gasteiger partial charge in [-0.2, -0.15) is 5.84 Å². The Morgan fingerprint density at radius 1 is 1.39 bits per heavy atom. The van der Waals surface area contributed by atoms with Gasteiger partial charge in [0, 0.05) is 40.6 Å². The SMILES string of the molecule is CCCCCN(C)C=N[N+](N)=Cc1c[nH]c2c(C)cc(O)cc12. The zero-order valence-electron chi connectivity index (χ0n) is 14.1. The average molecular weight is 316 g/mol. The molecule has 1 heterocycles. The van der Waals surface area contributed by atoms with E-state index in [1.807, 2.05) is 25.1 Å². The summed E-state index contributed by atoms with van der Waals surface area (Å²) >= 11 is 0. The quantitative estimate of drug-likeness (QED) is 0.183. The maximum Gasteiger partial charge on any atom is 0.239 e. The number of hydrazine groups is 1. The van der Waals surface area contributed by atoms with Gasteiger partial charge in [-0.05, 0) is 31.0 Å². The summed E-state index contributed by atoms with van der Waals surface area (Å²) in [6, 6.07) is 3.45. The molecule has 4 N–H and O–H groups in total. The van der Waals surface area contributed by atoms with Crippen molar-refractivity contribution in [2.24, 2.45) is 10.9 Å². The summed E-state index contributed by atoms with van der Waals surface area (Å²) in [6.07, 6.45) is 8.88. The van der Waals surface area contributed by atoms with E-state index in [1.54, 1.807) is 24.7 Å². The van der Waals surface area contributed by atoms with Crippen molar-refractivity contribution in [1.82, 2.24) is 9.88 Å². The fourth-order valence-electron chi connectivity index (χ4n) is 2.51. The molecule has 0 bridgehead atoms. The number of hydrogen-bond acceptors (Lipinski definition) is 3. The minimum Gasteiger partial charge on any atom is -0.508 e. The second kappa shape index (κ2) is 7.67. The van der Waals surface area contributed by atoms with Gasteiger partial charge in [-0.3, -0.25) is 0 Å². The number of phenols is 1. The van der Waals surface area contributed by atoms with Crippen LogP contribution in [-0.4, -0.2) is 45.9 Å². The number of H-pyrrole nitrogens is 1. The molecule has 0 atom stereocenters. The monoisotopic (exact) mass is 316 g/mol. The highest BCUT2D eigenvalue weighted by atomic mass is 16.3. The van der Waals surface area contributed by atoms with E-state index in [0.717, 1.165) is 35.0 Å². The number of benzene rings is 1. The number of fused-ring (bicyclic) bond motifs is 1. The maximum atomic E-state index is 9.76.